The third-order valence-electron chi connectivity index (χ3n) is 2.53. The minimum Gasteiger partial charge on any atom is -0.481 e. The lowest BCUT2D eigenvalue weighted by molar-refractivity contribution is -0.138. The van der Waals surface area contributed by atoms with Crippen molar-refractivity contribution in [3.8, 4) is 0 Å². The van der Waals surface area contributed by atoms with Gasteiger partial charge in [-0.3, -0.25) is 4.79 Å². The van der Waals surface area contributed by atoms with Gasteiger partial charge in [0, 0.05) is 0 Å². The number of carbonyl (C=O) groups is 1. The van der Waals surface area contributed by atoms with Gasteiger partial charge in [0.05, 0.1) is 5.92 Å². The molecular formula is C13H18O2S. The lowest BCUT2D eigenvalue weighted by Gasteiger charge is -2.12. The molecule has 0 aliphatic heterocycles. The first-order chi connectivity index (χ1) is 7.65. The monoisotopic (exact) mass is 238 g/mol. The van der Waals surface area contributed by atoms with E-state index in [1.165, 1.54) is 0 Å². The quantitative estimate of drug-likeness (QED) is 0.773. The molecule has 0 radical (unpaired) electrons. The molecule has 0 aliphatic rings. The van der Waals surface area contributed by atoms with Crippen LogP contribution in [0.4, 0.5) is 0 Å². The van der Waals surface area contributed by atoms with Gasteiger partial charge in [-0.05, 0) is 30.4 Å². The Kier molecular flexibility index (Phi) is 5.39. The highest BCUT2D eigenvalue weighted by molar-refractivity contribution is 7.99. The predicted octanol–water partition coefficient (Wildman–Crippen LogP) is 3.31. The molecule has 0 spiro atoms. The number of benzene rings is 1. The summed E-state index contributed by atoms with van der Waals surface area (Å²) in [4.78, 5) is 11.2. The maximum atomic E-state index is 11.2. The van der Waals surface area contributed by atoms with Crippen LogP contribution in [0.5, 0.6) is 0 Å². The van der Waals surface area contributed by atoms with Gasteiger partial charge in [-0.25, -0.2) is 0 Å². The summed E-state index contributed by atoms with van der Waals surface area (Å²) in [7, 11) is 0. The average Bonchev–Trinajstić information content (AvgIpc) is 2.26. The molecule has 0 aromatic heterocycles. The van der Waals surface area contributed by atoms with E-state index in [-0.39, 0.29) is 5.92 Å². The van der Waals surface area contributed by atoms with Gasteiger partial charge in [-0.1, -0.05) is 36.8 Å². The molecule has 1 unspecified atom stereocenters. The highest BCUT2D eigenvalue weighted by Crippen LogP contribution is 2.22. The van der Waals surface area contributed by atoms with Crippen molar-refractivity contribution in [1.29, 1.82) is 0 Å². The number of aliphatic carboxylic acids is 1. The largest absolute Gasteiger partial charge is 0.481 e. The van der Waals surface area contributed by atoms with Crippen molar-refractivity contribution >= 4 is 17.7 Å². The molecule has 3 heteroatoms. The van der Waals surface area contributed by atoms with Crippen LogP contribution in [0.1, 0.15) is 30.4 Å². The minimum atomic E-state index is -0.722. The number of hydrogen-bond donors (Lipinski definition) is 1. The van der Waals surface area contributed by atoms with Crippen LogP contribution in [0.3, 0.4) is 0 Å². The van der Waals surface area contributed by atoms with Gasteiger partial charge in [-0.2, -0.15) is 11.8 Å². The molecule has 0 heterocycles. The van der Waals surface area contributed by atoms with Gasteiger partial charge in [0.25, 0.3) is 0 Å². The minimum absolute atomic E-state index is 0.361. The first-order valence-electron chi connectivity index (χ1n) is 5.52. The number of aryl methyl sites for hydroxylation is 1. The van der Waals surface area contributed by atoms with E-state index >= 15 is 0 Å². The molecule has 0 bridgehead atoms. The molecule has 1 aromatic rings. The Hall–Kier alpha value is -0.960. The molecule has 0 saturated heterocycles. The zero-order valence-electron chi connectivity index (χ0n) is 9.77. The summed E-state index contributed by atoms with van der Waals surface area (Å²) in [5.41, 5.74) is 2.07. The second-order valence-electron chi connectivity index (χ2n) is 3.79. The first-order valence-corrected chi connectivity index (χ1v) is 6.67. The number of carboxylic acid groups (broad SMARTS) is 1. The zero-order valence-corrected chi connectivity index (χ0v) is 10.6. The van der Waals surface area contributed by atoms with Crippen LogP contribution in [0.2, 0.25) is 0 Å². The molecule has 1 aromatic carbocycles. The van der Waals surface area contributed by atoms with Crippen molar-refractivity contribution in [1.82, 2.24) is 0 Å². The normalized spacial score (nSPS) is 12.4. The van der Waals surface area contributed by atoms with Crippen molar-refractivity contribution in [3.05, 3.63) is 35.4 Å². The molecule has 0 saturated carbocycles. The predicted molar refractivity (Wildman–Crippen MR) is 69.2 cm³/mol. The lowest BCUT2D eigenvalue weighted by Crippen LogP contribution is -2.12. The molecule has 1 N–H and O–H groups in total. The maximum Gasteiger partial charge on any atom is 0.311 e. The fourth-order valence-electron chi connectivity index (χ4n) is 1.58. The molecule has 0 aliphatic carbocycles. The van der Waals surface area contributed by atoms with E-state index in [4.69, 9.17) is 0 Å². The van der Waals surface area contributed by atoms with Gasteiger partial charge >= 0.3 is 5.97 Å². The third-order valence-corrected chi connectivity index (χ3v) is 3.47. The van der Waals surface area contributed by atoms with Crippen LogP contribution in [-0.4, -0.2) is 22.6 Å². The average molecular weight is 238 g/mol. The molecule has 1 atom stereocenters. The Morgan fingerprint density at radius 2 is 2.00 bits per heavy atom. The third kappa shape index (κ3) is 3.89. The van der Waals surface area contributed by atoms with E-state index in [2.05, 4.69) is 6.92 Å². The number of carboxylic acids is 1. The van der Waals surface area contributed by atoms with Crippen molar-refractivity contribution < 1.29 is 9.90 Å². The number of thioether (sulfide) groups is 1. The SMILES string of the molecule is CCSCCC(C(=O)O)c1ccc(C)cc1. The Bertz CT molecular complexity index is 332. The van der Waals surface area contributed by atoms with Crippen LogP contribution in [0, 0.1) is 6.92 Å². The van der Waals surface area contributed by atoms with E-state index in [0.717, 1.165) is 22.6 Å². The van der Waals surface area contributed by atoms with E-state index in [1.807, 2.05) is 31.2 Å². The summed E-state index contributed by atoms with van der Waals surface area (Å²) in [5.74, 6) is 0.863. The lowest BCUT2D eigenvalue weighted by atomic mass is 9.96. The Morgan fingerprint density at radius 3 is 2.50 bits per heavy atom. The zero-order chi connectivity index (χ0) is 12.0. The summed E-state index contributed by atoms with van der Waals surface area (Å²) < 4.78 is 0. The highest BCUT2D eigenvalue weighted by Gasteiger charge is 2.18. The highest BCUT2D eigenvalue weighted by atomic mass is 32.2. The molecule has 0 fully saturated rings. The number of hydrogen-bond acceptors (Lipinski definition) is 2. The van der Waals surface area contributed by atoms with E-state index in [1.54, 1.807) is 11.8 Å². The molecule has 16 heavy (non-hydrogen) atoms. The second kappa shape index (κ2) is 6.59. The van der Waals surface area contributed by atoms with Crippen LogP contribution in [-0.2, 0) is 4.79 Å². The summed E-state index contributed by atoms with van der Waals surface area (Å²) in [6.07, 6.45) is 0.705. The van der Waals surface area contributed by atoms with Gasteiger partial charge in [0.15, 0.2) is 0 Å². The van der Waals surface area contributed by atoms with E-state index in [0.29, 0.717) is 6.42 Å². The van der Waals surface area contributed by atoms with E-state index < -0.39 is 5.97 Å². The Morgan fingerprint density at radius 1 is 1.38 bits per heavy atom. The summed E-state index contributed by atoms with van der Waals surface area (Å²) in [6.45, 7) is 4.10. The van der Waals surface area contributed by atoms with Crippen LogP contribution in [0.15, 0.2) is 24.3 Å². The van der Waals surface area contributed by atoms with E-state index in [9.17, 15) is 9.90 Å². The van der Waals surface area contributed by atoms with Gasteiger partial charge < -0.3 is 5.11 Å². The van der Waals surface area contributed by atoms with Gasteiger partial charge in [0.1, 0.15) is 0 Å². The van der Waals surface area contributed by atoms with Gasteiger partial charge in [0.2, 0.25) is 0 Å². The smallest absolute Gasteiger partial charge is 0.311 e. The van der Waals surface area contributed by atoms with Crippen LogP contribution < -0.4 is 0 Å². The molecule has 0 amide bonds. The van der Waals surface area contributed by atoms with Crippen LogP contribution >= 0.6 is 11.8 Å². The standard InChI is InChI=1S/C13H18O2S/c1-3-16-9-8-12(13(14)15)11-6-4-10(2)5-7-11/h4-7,12H,3,8-9H2,1-2H3,(H,14,15). The topological polar surface area (TPSA) is 37.3 Å². The van der Waals surface area contributed by atoms with Crippen molar-refractivity contribution in [3.63, 3.8) is 0 Å². The number of rotatable bonds is 6. The fraction of sp³-hybridized carbons (Fsp3) is 0.462. The van der Waals surface area contributed by atoms with Crippen molar-refractivity contribution in [2.24, 2.45) is 0 Å². The maximum absolute atomic E-state index is 11.2. The van der Waals surface area contributed by atoms with Crippen molar-refractivity contribution in [2.75, 3.05) is 11.5 Å². The van der Waals surface area contributed by atoms with Crippen LogP contribution in [0.25, 0.3) is 0 Å². The Labute approximate surface area is 101 Å². The summed E-state index contributed by atoms with van der Waals surface area (Å²) in [6, 6.07) is 7.78. The van der Waals surface area contributed by atoms with Gasteiger partial charge in [-0.15, -0.1) is 0 Å². The molecule has 2 nitrogen and oxygen atoms in total. The van der Waals surface area contributed by atoms with Crippen molar-refractivity contribution in [2.45, 2.75) is 26.2 Å². The first kappa shape index (κ1) is 13.1. The fourth-order valence-corrected chi connectivity index (χ4v) is 2.27. The Balaban J connectivity index is 2.69. The molecular weight excluding hydrogens is 220 g/mol. The summed E-state index contributed by atoms with van der Waals surface area (Å²) >= 11 is 1.79. The summed E-state index contributed by atoms with van der Waals surface area (Å²) in [5, 5.41) is 9.19. The second-order valence-corrected chi connectivity index (χ2v) is 5.18. The molecule has 1 rings (SSSR count). The molecule has 88 valence electrons.